The normalized spacial score (nSPS) is 19.1. The first-order valence-corrected chi connectivity index (χ1v) is 6.28. The maximum Gasteiger partial charge on any atom is 0.329 e. The number of thioether (sulfide) groups is 1. The second kappa shape index (κ2) is 4.06. The second-order valence-corrected chi connectivity index (χ2v) is 4.94. The minimum atomic E-state index is -0.925. The van der Waals surface area contributed by atoms with Crippen LogP contribution < -0.4 is 0 Å². The van der Waals surface area contributed by atoms with E-state index in [-0.39, 0.29) is 5.75 Å². The third-order valence-electron chi connectivity index (χ3n) is 2.65. The van der Waals surface area contributed by atoms with Gasteiger partial charge in [-0.1, -0.05) is 0 Å². The average Bonchev–Trinajstić information content (AvgIpc) is 2.93. The summed E-state index contributed by atoms with van der Waals surface area (Å²) in [6.45, 7) is 0. The number of carbonyl (C=O) groups is 1. The number of hydrogen-bond acceptors (Lipinski definition) is 5. The van der Waals surface area contributed by atoms with Gasteiger partial charge in [-0.15, -0.1) is 11.8 Å². The highest BCUT2D eigenvalue weighted by atomic mass is 32.2. The van der Waals surface area contributed by atoms with Crippen LogP contribution in [0.25, 0.3) is 11.0 Å². The van der Waals surface area contributed by atoms with Gasteiger partial charge in [0, 0.05) is 17.2 Å². The molecule has 2 N–H and O–H groups in total. The van der Waals surface area contributed by atoms with Gasteiger partial charge in [-0.2, -0.15) is 0 Å². The zero-order valence-electron chi connectivity index (χ0n) is 9.16. The standard InChI is InChI=1S/C12H9NO4S/c14-7-2-1-6-3-10(17-9(6)4-7)11-13-8(5-18-11)12(15)16/h1-4,8,14H,5H2,(H,15,16)/t8-/m1/s1. The van der Waals surface area contributed by atoms with Gasteiger partial charge in [0.05, 0.1) is 0 Å². The SMILES string of the molecule is O=C(O)[C@H]1CSC(c2cc3ccc(O)cc3o2)=N1. The predicted octanol–water partition coefficient (Wildman–Crippen LogP) is 2.08. The van der Waals surface area contributed by atoms with Crippen LogP contribution >= 0.6 is 11.8 Å². The molecule has 0 saturated heterocycles. The van der Waals surface area contributed by atoms with Gasteiger partial charge in [-0.05, 0) is 18.2 Å². The Labute approximate surface area is 106 Å². The quantitative estimate of drug-likeness (QED) is 0.866. The number of fused-ring (bicyclic) bond motifs is 1. The van der Waals surface area contributed by atoms with Gasteiger partial charge in [0.1, 0.15) is 16.4 Å². The summed E-state index contributed by atoms with van der Waals surface area (Å²) in [4.78, 5) is 14.9. The molecule has 0 bridgehead atoms. The van der Waals surface area contributed by atoms with Crippen LogP contribution in [0.15, 0.2) is 33.7 Å². The number of rotatable bonds is 2. The van der Waals surface area contributed by atoms with Crippen molar-refractivity contribution in [2.24, 2.45) is 4.99 Å². The minimum absolute atomic E-state index is 0.132. The fraction of sp³-hybridized carbons (Fsp3) is 0.167. The number of phenols is 1. The molecule has 92 valence electrons. The molecule has 0 radical (unpaired) electrons. The number of nitrogens with zero attached hydrogens (tertiary/aromatic N) is 1. The highest BCUT2D eigenvalue weighted by Gasteiger charge is 2.26. The zero-order chi connectivity index (χ0) is 12.7. The molecule has 3 rings (SSSR count). The number of carboxylic acids is 1. The zero-order valence-corrected chi connectivity index (χ0v) is 9.98. The molecule has 5 nitrogen and oxygen atoms in total. The van der Waals surface area contributed by atoms with E-state index in [1.807, 2.05) is 0 Å². The van der Waals surface area contributed by atoms with E-state index in [1.54, 1.807) is 18.2 Å². The van der Waals surface area contributed by atoms with Gasteiger partial charge in [0.2, 0.25) is 0 Å². The lowest BCUT2D eigenvalue weighted by molar-refractivity contribution is -0.137. The van der Waals surface area contributed by atoms with E-state index in [1.165, 1.54) is 17.8 Å². The number of carboxylic acid groups (broad SMARTS) is 1. The van der Waals surface area contributed by atoms with E-state index in [0.717, 1.165) is 5.39 Å². The van der Waals surface area contributed by atoms with E-state index >= 15 is 0 Å². The van der Waals surface area contributed by atoms with Crippen molar-refractivity contribution in [2.45, 2.75) is 6.04 Å². The van der Waals surface area contributed by atoms with Crippen LogP contribution in [0.4, 0.5) is 0 Å². The predicted molar refractivity (Wildman–Crippen MR) is 68.3 cm³/mol. The van der Waals surface area contributed by atoms with Crippen molar-refractivity contribution in [1.29, 1.82) is 0 Å². The summed E-state index contributed by atoms with van der Waals surface area (Å²) in [6.07, 6.45) is 0. The van der Waals surface area contributed by atoms with Crippen LogP contribution in [0, 0.1) is 0 Å². The molecule has 0 unspecified atom stereocenters. The van der Waals surface area contributed by atoms with Gasteiger partial charge in [0.25, 0.3) is 0 Å². The Balaban J connectivity index is 2.00. The molecule has 0 fully saturated rings. The maximum atomic E-state index is 10.8. The van der Waals surface area contributed by atoms with Crippen LogP contribution in [0.2, 0.25) is 0 Å². The summed E-state index contributed by atoms with van der Waals surface area (Å²) in [5.41, 5.74) is 0.562. The smallest absolute Gasteiger partial charge is 0.329 e. The molecule has 0 spiro atoms. The first-order chi connectivity index (χ1) is 8.63. The van der Waals surface area contributed by atoms with Crippen LogP contribution in [-0.2, 0) is 4.79 Å². The van der Waals surface area contributed by atoms with E-state index < -0.39 is 12.0 Å². The van der Waals surface area contributed by atoms with Gasteiger partial charge in [-0.25, -0.2) is 4.79 Å². The van der Waals surface area contributed by atoms with E-state index in [0.29, 0.717) is 22.1 Å². The average molecular weight is 263 g/mol. The molecular formula is C12H9NO4S. The van der Waals surface area contributed by atoms with E-state index in [9.17, 15) is 9.90 Å². The van der Waals surface area contributed by atoms with Crippen molar-refractivity contribution in [3.05, 3.63) is 30.0 Å². The summed E-state index contributed by atoms with van der Waals surface area (Å²) in [7, 11) is 0. The molecule has 0 amide bonds. The maximum absolute atomic E-state index is 10.8. The van der Waals surface area contributed by atoms with Gasteiger partial charge >= 0.3 is 5.97 Å². The number of aromatic hydroxyl groups is 1. The summed E-state index contributed by atoms with van der Waals surface area (Å²) in [6, 6.07) is 5.93. The third kappa shape index (κ3) is 1.84. The molecule has 1 aliphatic heterocycles. The van der Waals surface area contributed by atoms with Crippen molar-refractivity contribution < 1.29 is 19.4 Å². The van der Waals surface area contributed by atoms with Crippen LogP contribution in [-0.4, -0.2) is 33.0 Å². The van der Waals surface area contributed by atoms with Crippen LogP contribution in [0.3, 0.4) is 0 Å². The Morgan fingerprint density at radius 3 is 3.00 bits per heavy atom. The van der Waals surface area contributed by atoms with E-state index in [4.69, 9.17) is 9.52 Å². The lowest BCUT2D eigenvalue weighted by Crippen LogP contribution is -2.17. The van der Waals surface area contributed by atoms with Gasteiger partial charge in [0.15, 0.2) is 11.8 Å². The number of aliphatic carboxylic acids is 1. The van der Waals surface area contributed by atoms with Crippen molar-refractivity contribution >= 4 is 33.7 Å². The topological polar surface area (TPSA) is 83.0 Å². The first-order valence-electron chi connectivity index (χ1n) is 5.30. The molecule has 1 atom stereocenters. The number of benzene rings is 1. The van der Waals surface area contributed by atoms with Crippen LogP contribution in [0.1, 0.15) is 5.76 Å². The van der Waals surface area contributed by atoms with E-state index in [2.05, 4.69) is 4.99 Å². The monoisotopic (exact) mass is 263 g/mol. The molecular weight excluding hydrogens is 254 g/mol. The van der Waals surface area contributed by atoms with Crippen LogP contribution in [0.5, 0.6) is 5.75 Å². The third-order valence-corrected chi connectivity index (χ3v) is 3.71. The van der Waals surface area contributed by atoms with Crippen molar-refractivity contribution in [1.82, 2.24) is 0 Å². The van der Waals surface area contributed by atoms with Crippen molar-refractivity contribution in [3.8, 4) is 5.75 Å². The first kappa shape index (κ1) is 11.2. The fourth-order valence-corrected chi connectivity index (χ4v) is 2.74. The summed E-state index contributed by atoms with van der Waals surface area (Å²) in [5.74, 6) is 0.177. The van der Waals surface area contributed by atoms with Crippen molar-refractivity contribution in [2.75, 3.05) is 5.75 Å². The molecule has 1 aromatic carbocycles. The number of furan rings is 1. The molecule has 0 aliphatic carbocycles. The lowest BCUT2D eigenvalue weighted by Gasteiger charge is -1.93. The largest absolute Gasteiger partial charge is 0.508 e. The second-order valence-electron chi connectivity index (χ2n) is 3.93. The Morgan fingerprint density at radius 2 is 2.28 bits per heavy atom. The highest BCUT2D eigenvalue weighted by Crippen LogP contribution is 2.29. The number of aliphatic imine (C=N–C) groups is 1. The fourth-order valence-electron chi connectivity index (χ4n) is 1.76. The molecule has 1 aliphatic rings. The molecule has 2 aromatic rings. The highest BCUT2D eigenvalue weighted by molar-refractivity contribution is 8.14. The number of hydrogen-bond donors (Lipinski definition) is 2. The summed E-state index contributed by atoms with van der Waals surface area (Å²) in [5, 5.41) is 19.7. The van der Waals surface area contributed by atoms with Crippen molar-refractivity contribution in [3.63, 3.8) is 0 Å². The Hall–Kier alpha value is -1.95. The molecule has 2 heterocycles. The minimum Gasteiger partial charge on any atom is -0.508 e. The number of phenolic OH excluding ortho intramolecular Hbond substituents is 1. The lowest BCUT2D eigenvalue weighted by atomic mass is 10.2. The molecule has 0 saturated carbocycles. The van der Waals surface area contributed by atoms with Gasteiger partial charge in [-0.3, -0.25) is 4.99 Å². The Kier molecular flexibility index (Phi) is 2.52. The summed E-state index contributed by atoms with van der Waals surface area (Å²) >= 11 is 1.36. The molecule has 6 heteroatoms. The summed E-state index contributed by atoms with van der Waals surface area (Å²) < 4.78 is 5.56. The Morgan fingerprint density at radius 1 is 1.44 bits per heavy atom. The van der Waals surface area contributed by atoms with Gasteiger partial charge < -0.3 is 14.6 Å². The molecule has 18 heavy (non-hydrogen) atoms. The Bertz CT molecular complexity index is 661. The molecule has 1 aromatic heterocycles.